The maximum Gasteiger partial charge on any atom is 0.243 e. The molecule has 0 spiro atoms. The summed E-state index contributed by atoms with van der Waals surface area (Å²) in [6.45, 7) is 3.94. The van der Waals surface area contributed by atoms with Crippen LogP contribution < -0.4 is 5.32 Å². The van der Waals surface area contributed by atoms with Crippen LogP contribution in [0, 0.1) is 0 Å². The summed E-state index contributed by atoms with van der Waals surface area (Å²) in [6.07, 6.45) is 6.74. The summed E-state index contributed by atoms with van der Waals surface area (Å²) in [5.41, 5.74) is 1.06. The number of nitrogens with one attached hydrogen (secondary N) is 1. The van der Waals surface area contributed by atoms with Crippen molar-refractivity contribution in [2.24, 2.45) is 0 Å². The van der Waals surface area contributed by atoms with Gasteiger partial charge in [-0.05, 0) is 31.4 Å². The molecule has 1 heterocycles. The van der Waals surface area contributed by atoms with Gasteiger partial charge in [0, 0.05) is 6.20 Å². The average Bonchev–Trinajstić information content (AvgIpc) is 2.60. The van der Waals surface area contributed by atoms with Gasteiger partial charge in [-0.25, -0.2) is 0 Å². The Morgan fingerprint density at radius 1 is 1.73 bits per heavy atom. The predicted octanol–water partition coefficient (Wildman–Crippen LogP) is 1.41. The van der Waals surface area contributed by atoms with Crippen molar-refractivity contribution >= 4 is 5.91 Å². The normalized spacial score (nSPS) is 15.7. The van der Waals surface area contributed by atoms with E-state index in [1.807, 2.05) is 10.7 Å². The highest BCUT2D eigenvalue weighted by molar-refractivity contribution is 5.86. The number of amides is 1. The van der Waals surface area contributed by atoms with E-state index in [2.05, 4.69) is 17.0 Å². The third kappa shape index (κ3) is 2.09. The Kier molecular flexibility index (Phi) is 2.85. The van der Waals surface area contributed by atoms with Crippen LogP contribution in [0.15, 0.2) is 24.9 Å². The highest BCUT2D eigenvalue weighted by atomic mass is 16.1. The molecular formula is C11H15N3O. The van der Waals surface area contributed by atoms with Gasteiger partial charge >= 0.3 is 0 Å². The second kappa shape index (κ2) is 4.29. The van der Waals surface area contributed by atoms with Gasteiger partial charge in [-0.15, -0.1) is 0 Å². The average molecular weight is 205 g/mol. The molecule has 4 nitrogen and oxygen atoms in total. The van der Waals surface area contributed by atoms with Gasteiger partial charge in [-0.1, -0.05) is 6.58 Å². The molecule has 1 aromatic rings. The van der Waals surface area contributed by atoms with E-state index in [1.54, 1.807) is 6.20 Å². The first-order chi connectivity index (χ1) is 7.31. The Labute approximate surface area is 89.0 Å². The minimum absolute atomic E-state index is 0.142. The smallest absolute Gasteiger partial charge is 0.243 e. The summed E-state index contributed by atoms with van der Waals surface area (Å²) in [5.74, 6) is -0.142. The van der Waals surface area contributed by atoms with Gasteiger partial charge in [0.1, 0.15) is 0 Å². The lowest BCUT2D eigenvalue weighted by atomic mass is 9.93. The van der Waals surface area contributed by atoms with Crippen molar-refractivity contribution in [3.63, 3.8) is 0 Å². The van der Waals surface area contributed by atoms with Crippen LogP contribution >= 0.6 is 0 Å². The van der Waals surface area contributed by atoms with Crippen molar-refractivity contribution in [2.75, 3.05) is 0 Å². The zero-order valence-corrected chi connectivity index (χ0v) is 8.65. The van der Waals surface area contributed by atoms with E-state index in [1.165, 1.54) is 25.3 Å². The van der Waals surface area contributed by atoms with E-state index in [0.29, 0.717) is 12.6 Å². The summed E-state index contributed by atoms with van der Waals surface area (Å²) in [5, 5.41) is 7.04. The molecular weight excluding hydrogens is 190 g/mol. The van der Waals surface area contributed by atoms with E-state index >= 15 is 0 Å². The number of carbonyl (C=O) groups excluding carboxylic acids is 1. The molecule has 0 unspecified atom stereocenters. The van der Waals surface area contributed by atoms with Gasteiger partial charge in [0.25, 0.3) is 0 Å². The van der Waals surface area contributed by atoms with E-state index in [-0.39, 0.29) is 5.91 Å². The highest BCUT2D eigenvalue weighted by Gasteiger charge is 2.21. The maximum absolute atomic E-state index is 11.0. The van der Waals surface area contributed by atoms with E-state index < -0.39 is 0 Å². The molecule has 0 aliphatic heterocycles. The molecule has 1 N–H and O–H groups in total. The number of hydrogen-bond donors (Lipinski definition) is 1. The Bertz CT molecular complexity index is 366. The molecule has 1 amide bonds. The quantitative estimate of drug-likeness (QED) is 0.755. The molecule has 0 saturated heterocycles. The van der Waals surface area contributed by atoms with Crippen molar-refractivity contribution in [2.45, 2.75) is 31.8 Å². The fourth-order valence-electron chi connectivity index (χ4n) is 1.69. The number of hydrogen-bond acceptors (Lipinski definition) is 2. The molecule has 1 fully saturated rings. The molecule has 1 aliphatic rings. The second-order valence-corrected chi connectivity index (χ2v) is 3.77. The minimum atomic E-state index is -0.142. The summed E-state index contributed by atoms with van der Waals surface area (Å²) >= 11 is 0. The number of carbonyl (C=O) groups is 1. The largest absolute Gasteiger partial charge is 0.347 e. The predicted molar refractivity (Wildman–Crippen MR) is 57.2 cm³/mol. The van der Waals surface area contributed by atoms with E-state index in [0.717, 1.165) is 5.69 Å². The van der Waals surface area contributed by atoms with Gasteiger partial charge < -0.3 is 5.32 Å². The molecule has 1 saturated carbocycles. The van der Waals surface area contributed by atoms with Gasteiger partial charge in [-0.3, -0.25) is 9.48 Å². The van der Waals surface area contributed by atoms with Crippen LogP contribution in [0.4, 0.5) is 0 Å². The second-order valence-electron chi connectivity index (χ2n) is 3.77. The van der Waals surface area contributed by atoms with Crippen LogP contribution in [0.25, 0.3) is 0 Å². The zero-order chi connectivity index (χ0) is 10.7. The van der Waals surface area contributed by atoms with Gasteiger partial charge in [0.2, 0.25) is 5.91 Å². The monoisotopic (exact) mass is 205 g/mol. The zero-order valence-electron chi connectivity index (χ0n) is 8.65. The molecule has 0 bridgehead atoms. The van der Waals surface area contributed by atoms with Crippen LogP contribution in [0.3, 0.4) is 0 Å². The fraction of sp³-hybridized carbons (Fsp3) is 0.455. The highest BCUT2D eigenvalue weighted by Crippen LogP contribution is 2.31. The Morgan fingerprint density at radius 3 is 3.13 bits per heavy atom. The molecule has 2 rings (SSSR count). The summed E-state index contributed by atoms with van der Waals surface area (Å²) < 4.78 is 2.02. The standard InChI is InChI=1S/C11H15N3O/c1-2-11(15)12-8-10-6-7-13-14(10)9-4-3-5-9/h2,6-7,9H,1,3-5,8H2,(H,12,15). The fourth-order valence-corrected chi connectivity index (χ4v) is 1.69. The summed E-state index contributed by atoms with van der Waals surface area (Å²) in [7, 11) is 0. The number of nitrogens with zero attached hydrogens (tertiary/aromatic N) is 2. The van der Waals surface area contributed by atoms with Crippen LogP contribution in [-0.2, 0) is 11.3 Å². The molecule has 4 heteroatoms. The van der Waals surface area contributed by atoms with E-state index in [4.69, 9.17) is 0 Å². The molecule has 0 atom stereocenters. The third-order valence-corrected chi connectivity index (χ3v) is 2.80. The number of aromatic nitrogens is 2. The maximum atomic E-state index is 11.0. The van der Waals surface area contributed by atoms with Gasteiger partial charge in [0.15, 0.2) is 0 Å². The SMILES string of the molecule is C=CC(=O)NCc1ccnn1C1CCC1. The van der Waals surface area contributed by atoms with Crippen LogP contribution in [0.5, 0.6) is 0 Å². The first-order valence-electron chi connectivity index (χ1n) is 5.24. The Morgan fingerprint density at radius 2 is 2.53 bits per heavy atom. The minimum Gasteiger partial charge on any atom is -0.347 e. The van der Waals surface area contributed by atoms with Crippen molar-refractivity contribution in [1.29, 1.82) is 0 Å². The van der Waals surface area contributed by atoms with Crippen LogP contribution in [0.2, 0.25) is 0 Å². The molecule has 15 heavy (non-hydrogen) atoms. The lowest BCUT2D eigenvalue weighted by Gasteiger charge is -2.27. The summed E-state index contributed by atoms with van der Waals surface area (Å²) in [6, 6.07) is 2.48. The lowest BCUT2D eigenvalue weighted by Crippen LogP contribution is -2.25. The van der Waals surface area contributed by atoms with Crippen molar-refractivity contribution in [1.82, 2.24) is 15.1 Å². The van der Waals surface area contributed by atoms with Gasteiger partial charge in [0.05, 0.1) is 18.3 Å². The summed E-state index contributed by atoms with van der Waals surface area (Å²) in [4.78, 5) is 11.0. The molecule has 1 aliphatic carbocycles. The molecule has 80 valence electrons. The molecule has 1 aromatic heterocycles. The topological polar surface area (TPSA) is 46.9 Å². The van der Waals surface area contributed by atoms with Crippen LogP contribution in [-0.4, -0.2) is 15.7 Å². The van der Waals surface area contributed by atoms with Crippen molar-refractivity contribution < 1.29 is 4.79 Å². The van der Waals surface area contributed by atoms with E-state index in [9.17, 15) is 4.79 Å². The van der Waals surface area contributed by atoms with Crippen molar-refractivity contribution in [3.05, 3.63) is 30.6 Å². The van der Waals surface area contributed by atoms with Crippen LogP contribution in [0.1, 0.15) is 31.0 Å². The van der Waals surface area contributed by atoms with Gasteiger partial charge in [-0.2, -0.15) is 5.10 Å². The number of rotatable bonds is 4. The lowest BCUT2D eigenvalue weighted by molar-refractivity contribution is -0.116. The molecule has 0 aromatic carbocycles. The third-order valence-electron chi connectivity index (χ3n) is 2.80. The first kappa shape index (κ1) is 9.96. The Hall–Kier alpha value is -1.58. The Balaban J connectivity index is 1.98. The first-order valence-corrected chi connectivity index (χ1v) is 5.24. The van der Waals surface area contributed by atoms with Crippen molar-refractivity contribution in [3.8, 4) is 0 Å². The molecule has 0 radical (unpaired) electrons.